The van der Waals surface area contributed by atoms with Gasteiger partial charge in [-0.3, -0.25) is 9.89 Å². The fourth-order valence-electron chi connectivity index (χ4n) is 1.66. The van der Waals surface area contributed by atoms with E-state index in [0.29, 0.717) is 16.4 Å². The summed E-state index contributed by atoms with van der Waals surface area (Å²) in [6.45, 7) is 3.78. The molecule has 0 aromatic carbocycles. The quantitative estimate of drug-likeness (QED) is 0.902. The number of aromatic nitrogens is 3. The lowest BCUT2D eigenvalue weighted by atomic mass is 10.1. The van der Waals surface area contributed by atoms with E-state index in [1.807, 2.05) is 13.8 Å². The van der Waals surface area contributed by atoms with Crippen LogP contribution in [0, 0.1) is 0 Å². The van der Waals surface area contributed by atoms with Crippen molar-refractivity contribution in [2.24, 2.45) is 0 Å². The third kappa shape index (κ3) is 2.65. The summed E-state index contributed by atoms with van der Waals surface area (Å²) in [4.78, 5) is 15.7. The van der Waals surface area contributed by atoms with E-state index in [1.165, 1.54) is 0 Å². The molecule has 0 atom stereocenters. The largest absolute Gasteiger partial charge is 0.417 e. The summed E-state index contributed by atoms with van der Waals surface area (Å²) in [7, 11) is 0. The number of pyridine rings is 1. The molecule has 108 valence electrons. The van der Waals surface area contributed by atoms with Gasteiger partial charge in [-0.25, -0.2) is 9.67 Å². The van der Waals surface area contributed by atoms with Gasteiger partial charge in [-0.15, -0.1) is 0 Å². The van der Waals surface area contributed by atoms with Gasteiger partial charge in [-0.1, -0.05) is 13.8 Å². The Morgan fingerprint density at radius 2 is 2.00 bits per heavy atom. The first-order valence-electron chi connectivity index (χ1n) is 5.76. The predicted molar refractivity (Wildman–Crippen MR) is 71.0 cm³/mol. The van der Waals surface area contributed by atoms with Crippen molar-refractivity contribution in [3.8, 4) is 5.82 Å². The zero-order chi connectivity index (χ0) is 15.1. The van der Waals surface area contributed by atoms with Crippen molar-refractivity contribution in [2.75, 3.05) is 0 Å². The molecule has 0 aliphatic carbocycles. The fraction of sp³-hybridized carbons (Fsp3) is 0.333. The smallest absolute Gasteiger partial charge is 0.292 e. The number of hydrogen-bond acceptors (Lipinski definition) is 2. The van der Waals surface area contributed by atoms with Crippen LogP contribution >= 0.6 is 15.9 Å². The molecule has 0 amide bonds. The van der Waals surface area contributed by atoms with Gasteiger partial charge in [-0.2, -0.15) is 13.2 Å². The molecule has 8 heteroatoms. The van der Waals surface area contributed by atoms with Crippen molar-refractivity contribution < 1.29 is 13.2 Å². The maximum atomic E-state index is 12.5. The minimum Gasteiger partial charge on any atom is -0.292 e. The van der Waals surface area contributed by atoms with Gasteiger partial charge >= 0.3 is 6.18 Å². The van der Waals surface area contributed by atoms with Gasteiger partial charge in [0.25, 0.3) is 5.56 Å². The van der Waals surface area contributed by atoms with E-state index in [-0.39, 0.29) is 17.3 Å². The molecule has 1 N–H and O–H groups in total. The van der Waals surface area contributed by atoms with Crippen molar-refractivity contribution in [2.45, 2.75) is 25.9 Å². The standard InChI is InChI=1S/C12H11BrF3N3O/c1-6(2)10-9(13)11(20)19(18-10)8-4-3-7(5-17-8)12(14,15)16/h3-6,18H,1-2H3. The van der Waals surface area contributed by atoms with Crippen LogP contribution in [0.4, 0.5) is 13.2 Å². The van der Waals surface area contributed by atoms with Gasteiger partial charge in [0.15, 0.2) is 5.82 Å². The van der Waals surface area contributed by atoms with Crippen molar-refractivity contribution >= 4 is 15.9 Å². The van der Waals surface area contributed by atoms with Gasteiger partial charge in [0, 0.05) is 6.20 Å². The van der Waals surface area contributed by atoms with Crippen LogP contribution in [0.15, 0.2) is 27.6 Å². The second-order valence-electron chi connectivity index (χ2n) is 4.54. The summed E-state index contributed by atoms with van der Waals surface area (Å²) in [6, 6.07) is 2.04. The molecule has 0 aliphatic heterocycles. The Kier molecular flexibility index (Phi) is 3.77. The molecule has 4 nitrogen and oxygen atoms in total. The lowest BCUT2D eigenvalue weighted by Gasteiger charge is -2.07. The molecule has 2 heterocycles. The lowest BCUT2D eigenvalue weighted by molar-refractivity contribution is -0.137. The fourth-order valence-corrected chi connectivity index (χ4v) is 2.39. The van der Waals surface area contributed by atoms with E-state index >= 15 is 0 Å². The summed E-state index contributed by atoms with van der Waals surface area (Å²) in [5, 5.41) is 2.84. The highest BCUT2D eigenvalue weighted by molar-refractivity contribution is 9.10. The summed E-state index contributed by atoms with van der Waals surface area (Å²) >= 11 is 3.17. The first kappa shape index (κ1) is 14.8. The molecule has 0 spiro atoms. The highest BCUT2D eigenvalue weighted by Gasteiger charge is 2.30. The number of alkyl halides is 3. The number of rotatable bonds is 2. The number of hydrogen-bond donors (Lipinski definition) is 1. The molecular formula is C12H11BrF3N3O. The summed E-state index contributed by atoms with van der Waals surface area (Å²) < 4.78 is 38.8. The number of H-pyrrole nitrogens is 1. The SMILES string of the molecule is CC(C)c1[nH]n(-c2ccc(C(F)(F)F)cn2)c(=O)c1Br. The predicted octanol–water partition coefficient (Wildman–Crippen LogP) is 3.47. The zero-order valence-corrected chi connectivity index (χ0v) is 12.2. The summed E-state index contributed by atoms with van der Waals surface area (Å²) in [5.74, 6) is 0.170. The molecule has 2 aromatic rings. The Morgan fingerprint density at radius 1 is 1.35 bits per heavy atom. The van der Waals surface area contributed by atoms with E-state index in [2.05, 4.69) is 26.0 Å². The molecule has 2 rings (SSSR count). The number of halogens is 4. The molecule has 2 aromatic heterocycles. The number of nitrogens with one attached hydrogen (secondary N) is 1. The van der Waals surface area contributed by atoms with Crippen LogP contribution in [0.3, 0.4) is 0 Å². The van der Waals surface area contributed by atoms with Crippen molar-refractivity contribution in [3.05, 3.63) is 44.4 Å². The van der Waals surface area contributed by atoms with E-state index in [1.54, 1.807) is 0 Å². The van der Waals surface area contributed by atoms with Crippen LogP contribution in [0.25, 0.3) is 5.82 Å². The summed E-state index contributed by atoms with van der Waals surface area (Å²) in [6.07, 6.45) is -3.75. The van der Waals surface area contributed by atoms with Crippen LogP contribution < -0.4 is 5.56 Å². The topological polar surface area (TPSA) is 50.7 Å². The second kappa shape index (κ2) is 5.08. The van der Waals surface area contributed by atoms with E-state index in [4.69, 9.17) is 0 Å². The molecule has 0 saturated carbocycles. The lowest BCUT2D eigenvalue weighted by Crippen LogP contribution is -2.16. The maximum absolute atomic E-state index is 12.5. The average Bonchev–Trinajstić information content (AvgIpc) is 2.66. The number of aromatic amines is 1. The van der Waals surface area contributed by atoms with Crippen LogP contribution in [0.1, 0.15) is 31.0 Å². The highest BCUT2D eigenvalue weighted by Crippen LogP contribution is 2.28. The zero-order valence-electron chi connectivity index (χ0n) is 10.6. The second-order valence-corrected chi connectivity index (χ2v) is 5.33. The van der Waals surface area contributed by atoms with Crippen LogP contribution in [0.2, 0.25) is 0 Å². The monoisotopic (exact) mass is 349 g/mol. The molecule has 20 heavy (non-hydrogen) atoms. The molecule has 0 saturated heterocycles. The minimum atomic E-state index is -4.45. The van der Waals surface area contributed by atoms with Gasteiger partial charge in [0.1, 0.15) is 4.47 Å². The van der Waals surface area contributed by atoms with E-state index in [9.17, 15) is 18.0 Å². The summed E-state index contributed by atoms with van der Waals surface area (Å²) in [5.41, 5.74) is -0.582. The van der Waals surface area contributed by atoms with Crippen molar-refractivity contribution in [1.29, 1.82) is 0 Å². The van der Waals surface area contributed by atoms with Gasteiger partial charge in [0.2, 0.25) is 0 Å². The van der Waals surface area contributed by atoms with Crippen LogP contribution in [0.5, 0.6) is 0 Å². The Bertz CT molecular complexity index is 671. The third-order valence-corrected chi connectivity index (χ3v) is 3.51. The minimum absolute atomic E-state index is 0.0628. The van der Waals surface area contributed by atoms with Crippen LogP contribution in [-0.2, 0) is 6.18 Å². The Balaban J connectivity index is 2.48. The Labute approximate surface area is 120 Å². The highest BCUT2D eigenvalue weighted by atomic mass is 79.9. The average molecular weight is 350 g/mol. The third-order valence-electron chi connectivity index (χ3n) is 2.74. The normalized spacial score (nSPS) is 12.2. The Hall–Kier alpha value is -1.57. The van der Waals surface area contributed by atoms with Gasteiger partial charge < -0.3 is 0 Å². The van der Waals surface area contributed by atoms with E-state index in [0.717, 1.165) is 16.8 Å². The maximum Gasteiger partial charge on any atom is 0.417 e. The van der Waals surface area contributed by atoms with Gasteiger partial charge in [-0.05, 0) is 34.0 Å². The van der Waals surface area contributed by atoms with Crippen molar-refractivity contribution in [1.82, 2.24) is 14.8 Å². The first-order valence-corrected chi connectivity index (χ1v) is 6.55. The molecular weight excluding hydrogens is 339 g/mol. The molecule has 0 unspecified atom stereocenters. The molecule has 0 aliphatic rings. The van der Waals surface area contributed by atoms with E-state index < -0.39 is 11.7 Å². The number of nitrogens with zero attached hydrogens (tertiary/aromatic N) is 2. The van der Waals surface area contributed by atoms with Crippen LogP contribution in [-0.4, -0.2) is 14.8 Å². The van der Waals surface area contributed by atoms with Crippen molar-refractivity contribution in [3.63, 3.8) is 0 Å². The van der Waals surface area contributed by atoms with Gasteiger partial charge in [0.05, 0.1) is 11.3 Å². The molecule has 0 bridgehead atoms. The first-order chi connectivity index (χ1) is 9.21. The molecule has 0 radical (unpaired) electrons. The molecule has 0 fully saturated rings. The Morgan fingerprint density at radius 3 is 2.40 bits per heavy atom.